The largest absolute Gasteiger partial charge is 0.497 e. The van der Waals surface area contributed by atoms with Crippen molar-refractivity contribution in [3.8, 4) is 17.2 Å². The summed E-state index contributed by atoms with van der Waals surface area (Å²) in [6.07, 6.45) is 1.60. The molecule has 1 aliphatic rings. The van der Waals surface area contributed by atoms with E-state index in [1.54, 1.807) is 61.7 Å². The SMILES string of the molecule is COc1ccc(CN2C(=O)/C(=C/c3ccc(OC(F)F)c(OC)c3)c3ccccc3C2=O)cc1. The van der Waals surface area contributed by atoms with Crippen molar-refractivity contribution >= 4 is 23.5 Å². The van der Waals surface area contributed by atoms with Crippen LogP contribution in [-0.2, 0) is 11.3 Å². The number of halogens is 2. The molecule has 3 aromatic rings. The summed E-state index contributed by atoms with van der Waals surface area (Å²) in [5.41, 5.74) is 2.47. The Bertz CT molecular complexity index is 1250. The number of fused-ring (bicyclic) bond motifs is 1. The summed E-state index contributed by atoms with van der Waals surface area (Å²) >= 11 is 0. The van der Waals surface area contributed by atoms with Crippen molar-refractivity contribution in [1.29, 1.82) is 0 Å². The molecule has 3 aromatic carbocycles. The first-order valence-electron chi connectivity index (χ1n) is 10.3. The summed E-state index contributed by atoms with van der Waals surface area (Å²) in [4.78, 5) is 27.8. The van der Waals surface area contributed by atoms with Crippen molar-refractivity contribution in [2.75, 3.05) is 14.2 Å². The Kier molecular flexibility index (Phi) is 6.58. The number of nitrogens with zero attached hydrogens (tertiary/aromatic N) is 1. The number of hydrogen-bond acceptors (Lipinski definition) is 5. The molecule has 0 saturated heterocycles. The number of carbonyl (C=O) groups is 2. The number of amides is 2. The van der Waals surface area contributed by atoms with Crippen molar-refractivity contribution < 1.29 is 32.6 Å². The summed E-state index contributed by atoms with van der Waals surface area (Å²) in [5.74, 6) is -0.221. The highest BCUT2D eigenvalue weighted by atomic mass is 19.3. The van der Waals surface area contributed by atoms with E-state index in [1.807, 2.05) is 0 Å². The van der Waals surface area contributed by atoms with Gasteiger partial charge in [0.1, 0.15) is 5.75 Å². The highest BCUT2D eigenvalue weighted by Gasteiger charge is 2.34. The first-order valence-corrected chi connectivity index (χ1v) is 10.3. The Morgan fingerprint density at radius 2 is 1.56 bits per heavy atom. The van der Waals surface area contributed by atoms with Gasteiger partial charge in [-0.2, -0.15) is 8.78 Å². The average Bonchev–Trinajstić information content (AvgIpc) is 2.85. The molecule has 4 rings (SSSR count). The van der Waals surface area contributed by atoms with Crippen LogP contribution in [-0.4, -0.2) is 37.5 Å². The Balaban J connectivity index is 1.73. The van der Waals surface area contributed by atoms with E-state index < -0.39 is 18.4 Å². The van der Waals surface area contributed by atoms with Gasteiger partial charge in [-0.1, -0.05) is 36.4 Å². The Morgan fingerprint density at radius 1 is 0.853 bits per heavy atom. The highest BCUT2D eigenvalue weighted by Crippen LogP contribution is 2.34. The predicted octanol–water partition coefficient (Wildman–Crippen LogP) is 5.03. The molecule has 0 aromatic heterocycles. The fourth-order valence-electron chi connectivity index (χ4n) is 3.73. The first-order chi connectivity index (χ1) is 16.4. The van der Waals surface area contributed by atoms with Crippen LogP contribution in [0.4, 0.5) is 8.78 Å². The molecule has 1 aliphatic heterocycles. The minimum Gasteiger partial charge on any atom is -0.497 e. The number of benzene rings is 3. The van der Waals surface area contributed by atoms with Crippen LogP contribution in [0, 0.1) is 0 Å². The molecule has 34 heavy (non-hydrogen) atoms. The van der Waals surface area contributed by atoms with Crippen molar-refractivity contribution in [3.63, 3.8) is 0 Å². The van der Waals surface area contributed by atoms with Crippen molar-refractivity contribution in [2.45, 2.75) is 13.2 Å². The van der Waals surface area contributed by atoms with Crippen LogP contribution in [0.5, 0.6) is 17.2 Å². The summed E-state index contributed by atoms with van der Waals surface area (Å²) in [6, 6.07) is 18.3. The monoisotopic (exact) mass is 465 g/mol. The number of imide groups is 1. The van der Waals surface area contributed by atoms with Gasteiger partial charge in [0.05, 0.1) is 20.8 Å². The van der Waals surface area contributed by atoms with Gasteiger partial charge >= 0.3 is 6.61 Å². The quantitative estimate of drug-likeness (QED) is 0.362. The smallest absolute Gasteiger partial charge is 0.387 e. The second-order valence-electron chi connectivity index (χ2n) is 7.44. The molecule has 0 fully saturated rings. The van der Waals surface area contributed by atoms with Gasteiger partial charge in [-0.15, -0.1) is 0 Å². The van der Waals surface area contributed by atoms with E-state index in [0.717, 1.165) is 5.56 Å². The minimum atomic E-state index is -3.00. The number of carbonyl (C=O) groups excluding carboxylic acids is 2. The zero-order chi connectivity index (χ0) is 24.2. The third-order valence-electron chi connectivity index (χ3n) is 5.38. The number of methoxy groups -OCH3 is 2. The van der Waals surface area contributed by atoms with Gasteiger partial charge in [-0.05, 0) is 53.1 Å². The van der Waals surface area contributed by atoms with Crippen LogP contribution in [0.2, 0.25) is 0 Å². The molecule has 0 N–H and O–H groups in total. The molecule has 2 amide bonds. The Morgan fingerprint density at radius 3 is 2.21 bits per heavy atom. The maximum absolute atomic E-state index is 13.5. The van der Waals surface area contributed by atoms with Gasteiger partial charge < -0.3 is 14.2 Å². The maximum atomic E-state index is 13.5. The third-order valence-corrected chi connectivity index (χ3v) is 5.38. The third kappa shape index (κ3) is 4.61. The zero-order valence-electron chi connectivity index (χ0n) is 18.5. The molecule has 0 spiro atoms. The molecule has 174 valence electrons. The topological polar surface area (TPSA) is 65.1 Å². The maximum Gasteiger partial charge on any atom is 0.387 e. The molecular weight excluding hydrogens is 444 g/mol. The van der Waals surface area contributed by atoms with Gasteiger partial charge in [0.25, 0.3) is 11.8 Å². The fraction of sp³-hybridized carbons (Fsp3) is 0.154. The molecule has 0 radical (unpaired) electrons. The molecule has 6 nitrogen and oxygen atoms in total. The van der Waals surface area contributed by atoms with E-state index >= 15 is 0 Å². The fourth-order valence-corrected chi connectivity index (χ4v) is 3.73. The van der Waals surface area contributed by atoms with Crippen molar-refractivity contribution in [3.05, 3.63) is 89.0 Å². The minimum absolute atomic E-state index is 0.0812. The van der Waals surface area contributed by atoms with Crippen LogP contribution in [0.25, 0.3) is 11.6 Å². The second-order valence-corrected chi connectivity index (χ2v) is 7.44. The average molecular weight is 465 g/mol. The van der Waals surface area contributed by atoms with Gasteiger partial charge in [-0.25, -0.2) is 0 Å². The van der Waals surface area contributed by atoms with E-state index in [-0.39, 0.29) is 18.0 Å². The van der Waals surface area contributed by atoms with Crippen molar-refractivity contribution in [1.82, 2.24) is 4.90 Å². The number of rotatable bonds is 7. The van der Waals surface area contributed by atoms with Crippen LogP contribution in [0.15, 0.2) is 66.7 Å². The normalized spacial score (nSPS) is 14.4. The first kappa shape index (κ1) is 23.0. The molecule has 0 saturated carbocycles. The van der Waals surface area contributed by atoms with Gasteiger partial charge in [0.15, 0.2) is 11.5 Å². The molecule has 0 aliphatic carbocycles. The molecule has 0 unspecified atom stereocenters. The molecular formula is C26H21F2NO5. The second kappa shape index (κ2) is 9.74. The number of alkyl halides is 2. The molecule has 1 heterocycles. The molecule has 0 bridgehead atoms. The number of ether oxygens (including phenoxy) is 3. The number of hydrogen-bond donors (Lipinski definition) is 0. The lowest BCUT2D eigenvalue weighted by atomic mass is 9.91. The summed E-state index contributed by atoms with van der Waals surface area (Å²) in [6.45, 7) is -2.92. The van der Waals surface area contributed by atoms with E-state index in [0.29, 0.717) is 28.0 Å². The zero-order valence-corrected chi connectivity index (χ0v) is 18.5. The Hall–Kier alpha value is -4.20. The van der Waals surface area contributed by atoms with Crippen molar-refractivity contribution in [2.24, 2.45) is 0 Å². The lowest BCUT2D eigenvalue weighted by molar-refractivity contribution is -0.123. The van der Waals surface area contributed by atoms with Crippen LogP contribution < -0.4 is 14.2 Å². The van der Waals surface area contributed by atoms with Crippen LogP contribution >= 0.6 is 0 Å². The summed E-state index contributed by atoms with van der Waals surface area (Å²) in [5, 5.41) is 0. The van der Waals surface area contributed by atoms with E-state index in [2.05, 4.69) is 4.74 Å². The highest BCUT2D eigenvalue weighted by molar-refractivity contribution is 6.33. The molecule has 8 heteroatoms. The lowest BCUT2D eigenvalue weighted by Gasteiger charge is -2.29. The van der Waals surface area contributed by atoms with E-state index in [4.69, 9.17) is 9.47 Å². The standard InChI is InChI=1S/C26H21F2NO5/c1-32-18-10-7-16(8-11-18)15-29-24(30)20-6-4-3-5-19(20)21(25(29)31)13-17-9-12-22(34-26(27)28)23(14-17)33-2/h3-14,26H,15H2,1-2H3/b21-13+. The lowest BCUT2D eigenvalue weighted by Crippen LogP contribution is -2.41. The summed E-state index contributed by atoms with van der Waals surface area (Å²) < 4.78 is 40.1. The Labute approximate surface area is 195 Å². The van der Waals surface area contributed by atoms with E-state index in [9.17, 15) is 18.4 Å². The van der Waals surface area contributed by atoms with Gasteiger partial charge in [0.2, 0.25) is 0 Å². The predicted molar refractivity (Wildman–Crippen MR) is 122 cm³/mol. The van der Waals surface area contributed by atoms with Crippen LogP contribution in [0.3, 0.4) is 0 Å². The molecule has 0 atom stereocenters. The van der Waals surface area contributed by atoms with Crippen LogP contribution in [0.1, 0.15) is 27.0 Å². The summed E-state index contributed by atoms with van der Waals surface area (Å²) in [7, 11) is 2.89. The van der Waals surface area contributed by atoms with E-state index in [1.165, 1.54) is 30.2 Å². The van der Waals surface area contributed by atoms with Gasteiger partial charge in [0, 0.05) is 11.1 Å². The van der Waals surface area contributed by atoms with Gasteiger partial charge in [-0.3, -0.25) is 14.5 Å².